The molecule has 0 bridgehead atoms. The molecule has 1 aliphatic rings. The molecule has 1 aromatic rings. The minimum Gasteiger partial charge on any atom is -0.496 e. The van der Waals surface area contributed by atoms with Gasteiger partial charge in [-0.15, -0.1) is 11.8 Å². The summed E-state index contributed by atoms with van der Waals surface area (Å²) >= 11 is 1.47. The number of methoxy groups -OCH3 is 1. The molecule has 0 saturated carbocycles. The first-order valence-corrected chi connectivity index (χ1v) is 7.68. The Labute approximate surface area is 123 Å². The van der Waals surface area contributed by atoms with E-state index < -0.39 is 5.97 Å². The van der Waals surface area contributed by atoms with Gasteiger partial charge in [0.05, 0.1) is 12.5 Å². The van der Waals surface area contributed by atoms with E-state index in [1.165, 1.54) is 11.8 Å². The second-order valence-electron chi connectivity index (χ2n) is 5.36. The molecule has 0 aromatic heterocycles. The van der Waals surface area contributed by atoms with Gasteiger partial charge in [0, 0.05) is 6.54 Å². The monoisotopic (exact) mass is 295 g/mol. The number of nitrogens with one attached hydrogen (secondary N) is 1. The van der Waals surface area contributed by atoms with E-state index in [2.05, 4.69) is 25.2 Å². The van der Waals surface area contributed by atoms with E-state index in [0.29, 0.717) is 12.5 Å². The summed E-state index contributed by atoms with van der Waals surface area (Å²) in [6.07, 6.45) is 0. The molecule has 0 spiro atoms. The highest BCUT2D eigenvalue weighted by molar-refractivity contribution is 8.01. The van der Waals surface area contributed by atoms with Crippen LogP contribution in [-0.4, -0.2) is 30.0 Å². The van der Waals surface area contributed by atoms with Gasteiger partial charge in [-0.1, -0.05) is 13.8 Å². The van der Waals surface area contributed by atoms with Gasteiger partial charge in [0.2, 0.25) is 0 Å². The molecule has 0 unspecified atom stereocenters. The first kappa shape index (κ1) is 15.2. The first-order valence-electron chi connectivity index (χ1n) is 6.74. The van der Waals surface area contributed by atoms with Gasteiger partial charge in [-0.2, -0.15) is 0 Å². The highest BCUT2D eigenvalue weighted by atomic mass is 32.2. The molecule has 2 N–H and O–H groups in total. The van der Waals surface area contributed by atoms with E-state index in [1.54, 1.807) is 7.11 Å². The van der Waals surface area contributed by atoms with Crippen LogP contribution in [0.3, 0.4) is 0 Å². The summed E-state index contributed by atoms with van der Waals surface area (Å²) in [6, 6.07) is 4.19. The van der Waals surface area contributed by atoms with E-state index in [-0.39, 0.29) is 10.6 Å². The number of carboxylic acids is 1. The van der Waals surface area contributed by atoms with Crippen molar-refractivity contribution in [3.63, 3.8) is 0 Å². The topological polar surface area (TPSA) is 58.6 Å². The van der Waals surface area contributed by atoms with Crippen LogP contribution >= 0.6 is 11.8 Å². The number of aryl methyl sites for hydroxylation is 1. The molecule has 110 valence electrons. The molecule has 1 fully saturated rings. The van der Waals surface area contributed by atoms with Gasteiger partial charge >= 0.3 is 5.97 Å². The maximum Gasteiger partial charge on any atom is 0.318 e. The van der Waals surface area contributed by atoms with Crippen LogP contribution in [0.2, 0.25) is 0 Å². The van der Waals surface area contributed by atoms with Crippen LogP contribution in [0.15, 0.2) is 12.1 Å². The van der Waals surface area contributed by atoms with Crippen LogP contribution in [0.4, 0.5) is 0 Å². The predicted molar refractivity (Wildman–Crippen MR) is 81.6 cm³/mol. The number of ether oxygens (including phenoxy) is 1. The van der Waals surface area contributed by atoms with Crippen LogP contribution in [0.25, 0.3) is 0 Å². The zero-order chi connectivity index (χ0) is 14.9. The number of thioether (sulfide) groups is 1. The molecule has 0 aliphatic carbocycles. The standard InChI is InChI=1S/C15H21NO3S/c1-8(2)10-6-11(9(3)5-12(10)19-4)14-16-7-13(20-14)15(17)18/h5-6,8,13-14,16H,7H2,1-4H3,(H,17,18)/t13-,14+/m1/s1. The van der Waals surface area contributed by atoms with E-state index in [1.807, 2.05) is 13.0 Å². The molecule has 5 heteroatoms. The lowest BCUT2D eigenvalue weighted by molar-refractivity contribution is -0.136. The van der Waals surface area contributed by atoms with E-state index in [4.69, 9.17) is 9.84 Å². The Balaban J connectivity index is 2.33. The van der Waals surface area contributed by atoms with Gasteiger partial charge in [0.25, 0.3) is 0 Å². The van der Waals surface area contributed by atoms with Crippen molar-refractivity contribution in [3.8, 4) is 5.75 Å². The SMILES string of the molecule is COc1cc(C)c([C@H]2NC[C@H](C(=O)O)S2)cc1C(C)C. The maximum absolute atomic E-state index is 11.1. The summed E-state index contributed by atoms with van der Waals surface area (Å²) in [5.74, 6) is 0.519. The molecule has 1 saturated heterocycles. The van der Waals surface area contributed by atoms with Gasteiger partial charge in [-0.25, -0.2) is 0 Å². The van der Waals surface area contributed by atoms with Crippen LogP contribution < -0.4 is 10.1 Å². The third-order valence-electron chi connectivity index (χ3n) is 3.59. The van der Waals surface area contributed by atoms with E-state index >= 15 is 0 Å². The highest BCUT2D eigenvalue weighted by Gasteiger charge is 2.32. The minimum atomic E-state index is -0.750. The van der Waals surface area contributed by atoms with Gasteiger partial charge < -0.3 is 9.84 Å². The third-order valence-corrected chi connectivity index (χ3v) is 4.98. The fourth-order valence-electron chi connectivity index (χ4n) is 2.43. The lowest BCUT2D eigenvalue weighted by atomic mass is 9.96. The zero-order valence-corrected chi connectivity index (χ0v) is 13.1. The molecule has 1 aliphatic heterocycles. The molecule has 2 atom stereocenters. The minimum absolute atomic E-state index is 0.0412. The Kier molecular flexibility index (Phi) is 4.60. The number of hydrogen-bond donors (Lipinski definition) is 2. The number of carbonyl (C=O) groups is 1. The second kappa shape index (κ2) is 6.06. The fraction of sp³-hybridized carbons (Fsp3) is 0.533. The summed E-state index contributed by atoms with van der Waals surface area (Å²) in [7, 11) is 1.68. The van der Waals surface area contributed by atoms with Crippen molar-refractivity contribution < 1.29 is 14.6 Å². The van der Waals surface area contributed by atoms with Crippen molar-refractivity contribution in [1.82, 2.24) is 5.32 Å². The van der Waals surface area contributed by atoms with E-state index in [0.717, 1.165) is 22.4 Å². The Hall–Kier alpha value is -1.20. The molecule has 20 heavy (non-hydrogen) atoms. The number of hydrogen-bond acceptors (Lipinski definition) is 4. The molecule has 4 nitrogen and oxygen atoms in total. The van der Waals surface area contributed by atoms with Gasteiger partial charge in [0.15, 0.2) is 0 Å². The summed E-state index contributed by atoms with van der Waals surface area (Å²) in [5.41, 5.74) is 3.44. The number of rotatable bonds is 4. The van der Waals surface area contributed by atoms with Gasteiger partial charge in [-0.05, 0) is 41.7 Å². The van der Waals surface area contributed by atoms with Crippen molar-refractivity contribution in [2.24, 2.45) is 0 Å². The number of benzene rings is 1. The van der Waals surface area contributed by atoms with Crippen molar-refractivity contribution in [3.05, 3.63) is 28.8 Å². The lowest BCUT2D eigenvalue weighted by Crippen LogP contribution is -2.21. The van der Waals surface area contributed by atoms with Crippen LogP contribution in [0, 0.1) is 6.92 Å². The number of aliphatic carboxylic acids is 1. The molecule has 2 rings (SSSR count). The van der Waals surface area contributed by atoms with Gasteiger partial charge in [0.1, 0.15) is 11.0 Å². The van der Waals surface area contributed by atoms with Crippen molar-refractivity contribution in [1.29, 1.82) is 0 Å². The zero-order valence-electron chi connectivity index (χ0n) is 12.3. The molecule has 1 aromatic carbocycles. The lowest BCUT2D eigenvalue weighted by Gasteiger charge is -2.19. The first-order chi connectivity index (χ1) is 9.43. The van der Waals surface area contributed by atoms with Crippen LogP contribution in [0.1, 0.15) is 41.8 Å². The summed E-state index contributed by atoms with van der Waals surface area (Å²) in [4.78, 5) is 11.1. The van der Waals surface area contributed by atoms with Crippen molar-refractivity contribution >= 4 is 17.7 Å². The van der Waals surface area contributed by atoms with Crippen molar-refractivity contribution in [2.45, 2.75) is 37.3 Å². The smallest absolute Gasteiger partial charge is 0.318 e. The average Bonchev–Trinajstić information content (AvgIpc) is 2.87. The second-order valence-corrected chi connectivity index (χ2v) is 6.67. The normalized spacial score (nSPS) is 22.2. The Morgan fingerprint density at radius 1 is 1.50 bits per heavy atom. The predicted octanol–water partition coefficient (Wildman–Crippen LogP) is 2.92. The largest absolute Gasteiger partial charge is 0.496 e. The van der Waals surface area contributed by atoms with Crippen LogP contribution in [-0.2, 0) is 4.79 Å². The third kappa shape index (κ3) is 2.94. The number of carboxylic acid groups (broad SMARTS) is 1. The Bertz CT molecular complexity index is 516. The summed E-state index contributed by atoms with van der Waals surface area (Å²) < 4.78 is 5.44. The average molecular weight is 295 g/mol. The van der Waals surface area contributed by atoms with E-state index in [9.17, 15) is 4.79 Å². The molecule has 0 radical (unpaired) electrons. The Morgan fingerprint density at radius 3 is 2.70 bits per heavy atom. The maximum atomic E-state index is 11.1. The molecule has 1 heterocycles. The highest BCUT2D eigenvalue weighted by Crippen LogP contribution is 2.40. The molecule has 0 amide bonds. The summed E-state index contributed by atoms with van der Waals surface area (Å²) in [6.45, 7) is 6.81. The van der Waals surface area contributed by atoms with Crippen molar-refractivity contribution in [2.75, 3.05) is 13.7 Å². The fourth-order valence-corrected chi connectivity index (χ4v) is 3.66. The molecular weight excluding hydrogens is 274 g/mol. The quantitative estimate of drug-likeness (QED) is 0.894. The van der Waals surface area contributed by atoms with Crippen LogP contribution in [0.5, 0.6) is 5.75 Å². The summed E-state index contributed by atoms with van der Waals surface area (Å²) in [5, 5.41) is 12.1. The molecular formula is C15H21NO3S. The Morgan fingerprint density at radius 2 is 2.20 bits per heavy atom. The van der Waals surface area contributed by atoms with Gasteiger partial charge in [-0.3, -0.25) is 10.1 Å².